The summed E-state index contributed by atoms with van der Waals surface area (Å²) in [6.07, 6.45) is -1.17. The lowest BCUT2D eigenvalue weighted by Gasteiger charge is -2.48. The second kappa shape index (κ2) is 6.31. The number of benzene rings is 1. The number of nitrogens with one attached hydrogen (secondary N) is 1. The Hall–Kier alpha value is -1.12. The molecule has 6 nitrogen and oxygen atoms in total. The highest BCUT2D eigenvalue weighted by Gasteiger charge is 2.56. The molecule has 0 saturated carbocycles. The Morgan fingerprint density at radius 3 is 2.83 bits per heavy atom. The summed E-state index contributed by atoms with van der Waals surface area (Å²) in [5.41, 5.74) is 0.831. The predicted octanol–water partition coefficient (Wildman–Crippen LogP) is 2.51. The molecule has 1 N–H and O–H groups in total. The molecule has 0 amide bonds. The second-order valence-corrected chi connectivity index (χ2v) is 7.66. The van der Waals surface area contributed by atoms with E-state index in [1.54, 1.807) is 0 Å². The minimum atomic E-state index is -0.690. The third-order valence-corrected chi connectivity index (χ3v) is 5.28. The average Bonchev–Trinajstić information content (AvgIpc) is 2.92. The van der Waals surface area contributed by atoms with Gasteiger partial charge >= 0.3 is 0 Å². The summed E-state index contributed by atoms with van der Waals surface area (Å²) < 4.78 is 29.7. The van der Waals surface area contributed by atoms with Gasteiger partial charge in [0.05, 0.1) is 13.2 Å². The van der Waals surface area contributed by atoms with Crippen molar-refractivity contribution in [1.29, 1.82) is 5.41 Å². The fourth-order valence-corrected chi connectivity index (χ4v) is 4.15. The van der Waals surface area contributed by atoms with Crippen molar-refractivity contribution < 1.29 is 23.7 Å². The van der Waals surface area contributed by atoms with Crippen LogP contribution in [-0.4, -0.2) is 47.5 Å². The van der Waals surface area contributed by atoms with Crippen molar-refractivity contribution in [3.63, 3.8) is 0 Å². The molecule has 4 rings (SSSR count). The van der Waals surface area contributed by atoms with Gasteiger partial charge in [-0.2, -0.15) is 0 Å². The molecule has 3 saturated heterocycles. The highest BCUT2D eigenvalue weighted by molar-refractivity contribution is 8.14. The molecule has 3 aliphatic rings. The number of rotatable bonds is 3. The molecule has 0 aromatic heterocycles. The summed E-state index contributed by atoms with van der Waals surface area (Å²) in [7, 11) is 0. The number of hydrogen-bond donors (Lipinski definition) is 1. The van der Waals surface area contributed by atoms with Gasteiger partial charge in [-0.15, -0.1) is 0 Å². The van der Waals surface area contributed by atoms with E-state index in [2.05, 4.69) is 0 Å². The van der Waals surface area contributed by atoms with Gasteiger partial charge in [0.2, 0.25) is 5.23 Å². The van der Waals surface area contributed by atoms with Gasteiger partial charge in [-0.1, -0.05) is 30.3 Å². The molecule has 5 atom stereocenters. The lowest BCUT2D eigenvalue weighted by atomic mass is 9.98. The molecule has 3 heterocycles. The van der Waals surface area contributed by atoms with Gasteiger partial charge in [-0.05, 0) is 31.2 Å². The second-order valence-electron chi connectivity index (χ2n) is 6.59. The van der Waals surface area contributed by atoms with E-state index in [9.17, 15) is 0 Å². The summed E-state index contributed by atoms with van der Waals surface area (Å²) in [6.45, 7) is 4.68. The van der Waals surface area contributed by atoms with Crippen LogP contribution < -0.4 is 0 Å². The standard InChI is InChI=1S/C17H21NO5S/c1-17(2)20-9-11-12(23-17)13(14-15(21-11)24-16(18)22-14)19-8-10-6-4-3-5-7-10/h3-7,11-15,18H,8-9H2,1-2H3/t11-,12-,13-,14+,15+/m1/s1. The van der Waals surface area contributed by atoms with E-state index >= 15 is 0 Å². The summed E-state index contributed by atoms with van der Waals surface area (Å²) in [6, 6.07) is 10.00. The highest BCUT2D eigenvalue weighted by atomic mass is 32.2. The molecule has 1 aromatic rings. The number of thioether (sulfide) groups is 1. The van der Waals surface area contributed by atoms with Crippen molar-refractivity contribution in [3.05, 3.63) is 35.9 Å². The van der Waals surface area contributed by atoms with Gasteiger partial charge in [0.25, 0.3) is 0 Å². The topological polar surface area (TPSA) is 70.0 Å². The van der Waals surface area contributed by atoms with E-state index < -0.39 is 5.79 Å². The molecule has 0 aliphatic carbocycles. The van der Waals surface area contributed by atoms with E-state index in [1.165, 1.54) is 11.8 Å². The molecule has 130 valence electrons. The Morgan fingerprint density at radius 1 is 1.25 bits per heavy atom. The van der Waals surface area contributed by atoms with Gasteiger partial charge in [0, 0.05) is 0 Å². The summed E-state index contributed by atoms with van der Waals surface area (Å²) in [5, 5.41) is 7.97. The first-order chi connectivity index (χ1) is 11.5. The maximum absolute atomic E-state index is 7.80. The zero-order chi connectivity index (χ0) is 16.7. The van der Waals surface area contributed by atoms with Crippen LogP contribution in [0.15, 0.2) is 30.3 Å². The molecule has 3 aliphatic heterocycles. The Balaban J connectivity index is 1.55. The third kappa shape index (κ3) is 3.19. The SMILES string of the molecule is CC1(C)OC[C@H]2O[C@H]3SC(=N)O[C@H]3[C@H](OCc3ccccc3)[C@@H]2O1. The molecule has 0 unspecified atom stereocenters. The Morgan fingerprint density at radius 2 is 2.04 bits per heavy atom. The van der Waals surface area contributed by atoms with E-state index in [-0.39, 0.29) is 35.1 Å². The molecule has 7 heteroatoms. The lowest BCUT2D eigenvalue weighted by molar-refractivity contribution is -0.352. The van der Waals surface area contributed by atoms with Gasteiger partial charge in [0.1, 0.15) is 18.3 Å². The zero-order valence-electron chi connectivity index (χ0n) is 13.6. The van der Waals surface area contributed by atoms with Crippen LogP contribution in [0.25, 0.3) is 0 Å². The summed E-state index contributed by atoms with van der Waals surface area (Å²) in [4.78, 5) is 0. The van der Waals surface area contributed by atoms with Crippen molar-refractivity contribution in [2.24, 2.45) is 0 Å². The summed E-state index contributed by atoms with van der Waals surface area (Å²) >= 11 is 1.28. The molecule has 1 aromatic carbocycles. The van der Waals surface area contributed by atoms with Crippen LogP contribution >= 0.6 is 11.8 Å². The van der Waals surface area contributed by atoms with Crippen LogP contribution in [0.5, 0.6) is 0 Å². The van der Waals surface area contributed by atoms with Crippen molar-refractivity contribution in [1.82, 2.24) is 0 Å². The third-order valence-electron chi connectivity index (χ3n) is 4.36. The van der Waals surface area contributed by atoms with Crippen LogP contribution in [-0.2, 0) is 30.3 Å². The number of hydrogen-bond acceptors (Lipinski definition) is 7. The molecule has 3 fully saturated rings. The lowest BCUT2D eigenvalue weighted by Crippen LogP contribution is -2.63. The minimum absolute atomic E-state index is 0.164. The Bertz CT molecular complexity index is 610. The first-order valence-corrected chi connectivity index (χ1v) is 8.94. The van der Waals surface area contributed by atoms with E-state index in [0.717, 1.165) is 5.56 Å². The largest absolute Gasteiger partial charge is 0.463 e. The first kappa shape index (κ1) is 16.4. The molecule has 24 heavy (non-hydrogen) atoms. The van der Waals surface area contributed by atoms with E-state index in [4.69, 9.17) is 29.1 Å². The fourth-order valence-electron chi connectivity index (χ4n) is 3.23. The molecular formula is C17H21NO5S. The smallest absolute Gasteiger partial charge is 0.246 e. The predicted molar refractivity (Wildman–Crippen MR) is 88.8 cm³/mol. The van der Waals surface area contributed by atoms with Crippen molar-refractivity contribution >= 4 is 17.0 Å². The van der Waals surface area contributed by atoms with Crippen LogP contribution in [0.4, 0.5) is 0 Å². The average molecular weight is 351 g/mol. The van der Waals surface area contributed by atoms with Crippen LogP contribution in [0, 0.1) is 5.41 Å². The van der Waals surface area contributed by atoms with Gasteiger partial charge < -0.3 is 23.7 Å². The first-order valence-electron chi connectivity index (χ1n) is 8.06. The van der Waals surface area contributed by atoms with Gasteiger partial charge in [0.15, 0.2) is 17.3 Å². The fraction of sp³-hybridized carbons (Fsp3) is 0.588. The van der Waals surface area contributed by atoms with Crippen LogP contribution in [0.2, 0.25) is 0 Å². The highest BCUT2D eigenvalue weighted by Crippen LogP contribution is 2.42. The van der Waals surface area contributed by atoms with Crippen molar-refractivity contribution in [2.45, 2.75) is 56.1 Å². The van der Waals surface area contributed by atoms with Crippen LogP contribution in [0.3, 0.4) is 0 Å². The van der Waals surface area contributed by atoms with E-state index in [1.807, 2.05) is 44.2 Å². The maximum atomic E-state index is 7.80. The molecule has 0 bridgehead atoms. The molecule has 0 spiro atoms. The van der Waals surface area contributed by atoms with Gasteiger partial charge in [-0.25, -0.2) is 0 Å². The Labute approximate surface area is 145 Å². The minimum Gasteiger partial charge on any atom is -0.463 e. The molecular weight excluding hydrogens is 330 g/mol. The van der Waals surface area contributed by atoms with Crippen molar-refractivity contribution in [3.8, 4) is 0 Å². The quantitative estimate of drug-likeness (QED) is 0.902. The number of ether oxygens (including phenoxy) is 5. The summed E-state index contributed by atoms with van der Waals surface area (Å²) in [5.74, 6) is -0.690. The van der Waals surface area contributed by atoms with Gasteiger partial charge in [-0.3, -0.25) is 5.41 Å². The Kier molecular flexibility index (Phi) is 4.30. The molecule has 0 radical (unpaired) electrons. The van der Waals surface area contributed by atoms with E-state index in [0.29, 0.717) is 13.2 Å². The zero-order valence-corrected chi connectivity index (χ0v) is 14.5. The maximum Gasteiger partial charge on any atom is 0.246 e. The monoisotopic (exact) mass is 351 g/mol. The van der Waals surface area contributed by atoms with Crippen molar-refractivity contribution in [2.75, 3.05) is 6.61 Å². The number of fused-ring (bicyclic) bond motifs is 2. The van der Waals surface area contributed by atoms with Crippen LogP contribution in [0.1, 0.15) is 19.4 Å². The normalized spacial score (nSPS) is 37.4.